The van der Waals surface area contributed by atoms with Crippen LogP contribution in [0.25, 0.3) is 16.6 Å². The molecule has 2 aromatic rings. The highest BCUT2D eigenvalue weighted by atomic mass is 32.2. The number of H-pyrrole nitrogens is 1. The summed E-state index contributed by atoms with van der Waals surface area (Å²) in [5.41, 5.74) is 7.70. The zero-order chi connectivity index (χ0) is 23.2. The Morgan fingerprint density at radius 3 is 2.39 bits per heavy atom. The van der Waals surface area contributed by atoms with E-state index in [-0.39, 0.29) is 28.9 Å². The maximum atomic E-state index is 12.4. The van der Waals surface area contributed by atoms with E-state index in [1.54, 1.807) is 4.31 Å². The number of carbonyl (C=O) groups excluding carboxylic acids is 2. The van der Waals surface area contributed by atoms with Crippen molar-refractivity contribution in [1.29, 1.82) is 0 Å². The van der Waals surface area contributed by atoms with Crippen LogP contribution in [0.5, 0.6) is 0 Å². The molecular weight excluding hydrogens is 442 g/mol. The lowest BCUT2D eigenvalue weighted by molar-refractivity contribution is -0.119. The van der Waals surface area contributed by atoms with Gasteiger partial charge in [0.25, 0.3) is 0 Å². The second kappa shape index (κ2) is 8.57. The first kappa shape index (κ1) is 22.1. The third kappa shape index (κ3) is 4.96. The van der Waals surface area contributed by atoms with Gasteiger partial charge in [-0.1, -0.05) is 6.08 Å². The number of nitrogens with zero attached hydrogens (tertiary/aromatic N) is 2. The van der Waals surface area contributed by atoms with Gasteiger partial charge in [0.05, 0.1) is 5.25 Å². The fourth-order valence-corrected chi connectivity index (χ4v) is 5.79. The summed E-state index contributed by atoms with van der Waals surface area (Å²) < 4.78 is 26.5. The number of carbonyl (C=O) groups is 2. The molecule has 0 radical (unpaired) electrons. The number of nitrogens with one attached hydrogen (secondary N) is 2. The van der Waals surface area contributed by atoms with E-state index in [1.807, 2.05) is 24.4 Å². The van der Waals surface area contributed by atoms with Gasteiger partial charge >= 0.3 is 0 Å². The molecule has 4 aliphatic rings. The van der Waals surface area contributed by atoms with Gasteiger partial charge in [0, 0.05) is 36.5 Å². The first-order valence-corrected chi connectivity index (χ1v) is 13.1. The van der Waals surface area contributed by atoms with Crippen molar-refractivity contribution >= 4 is 44.3 Å². The molecule has 10 heteroatoms. The second-order valence-corrected chi connectivity index (χ2v) is 11.5. The maximum absolute atomic E-state index is 12.4. The number of anilines is 1. The Labute approximate surface area is 192 Å². The number of fused-ring (bicyclic) bond motifs is 1. The summed E-state index contributed by atoms with van der Waals surface area (Å²) in [6.07, 6.45) is 10.00. The van der Waals surface area contributed by atoms with Gasteiger partial charge in [0.2, 0.25) is 21.8 Å². The predicted molar refractivity (Wildman–Crippen MR) is 125 cm³/mol. The van der Waals surface area contributed by atoms with Gasteiger partial charge in [-0.15, -0.1) is 0 Å². The minimum Gasteiger partial charge on any atom is -0.369 e. The molecule has 9 nitrogen and oxygen atoms in total. The summed E-state index contributed by atoms with van der Waals surface area (Å²) in [7, 11) is -3.14. The summed E-state index contributed by atoms with van der Waals surface area (Å²) >= 11 is 0. The lowest BCUT2D eigenvalue weighted by Gasteiger charge is -2.26. The van der Waals surface area contributed by atoms with E-state index in [1.165, 1.54) is 0 Å². The molecule has 176 valence electrons. The normalized spacial score (nSPS) is 21.2. The molecule has 2 aromatic heterocycles. The molecule has 33 heavy (non-hydrogen) atoms. The van der Waals surface area contributed by atoms with Crippen molar-refractivity contribution in [2.24, 2.45) is 17.6 Å². The topological polar surface area (TPSA) is 138 Å². The molecule has 3 saturated carbocycles. The summed E-state index contributed by atoms with van der Waals surface area (Å²) in [4.78, 5) is 29.7. The van der Waals surface area contributed by atoms with Crippen LogP contribution in [0.3, 0.4) is 0 Å². The van der Waals surface area contributed by atoms with E-state index >= 15 is 0 Å². The molecule has 0 bridgehead atoms. The molecule has 0 saturated heterocycles. The van der Waals surface area contributed by atoms with Gasteiger partial charge in [0.15, 0.2) is 0 Å². The Morgan fingerprint density at radius 2 is 1.85 bits per heavy atom. The number of primary amides is 1. The molecular formula is C23H29N5O4S. The van der Waals surface area contributed by atoms with Crippen molar-refractivity contribution in [3.05, 3.63) is 30.0 Å². The second-order valence-electron chi connectivity index (χ2n) is 9.32. The fourth-order valence-electron chi connectivity index (χ4n) is 4.01. The summed E-state index contributed by atoms with van der Waals surface area (Å²) in [6, 6.07) is 3.88. The van der Waals surface area contributed by atoms with Crippen molar-refractivity contribution in [3.63, 3.8) is 0 Å². The molecule has 0 atom stereocenters. The van der Waals surface area contributed by atoms with E-state index in [0.29, 0.717) is 25.3 Å². The van der Waals surface area contributed by atoms with Crippen LogP contribution in [0, 0.1) is 11.8 Å². The fraction of sp³-hybridized carbons (Fsp3) is 0.522. The van der Waals surface area contributed by atoms with Gasteiger partial charge in [-0.2, -0.15) is 4.31 Å². The number of pyridine rings is 1. The van der Waals surface area contributed by atoms with Gasteiger partial charge in [0.1, 0.15) is 11.5 Å². The quantitative estimate of drug-likeness (QED) is 0.594. The van der Waals surface area contributed by atoms with Crippen molar-refractivity contribution in [1.82, 2.24) is 14.3 Å². The van der Waals surface area contributed by atoms with E-state index in [9.17, 15) is 18.0 Å². The van der Waals surface area contributed by atoms with Crippen LogP contribution < -0.4 is 11.1 Å². The third-order valence-electron chi connectivity index (χ3n) is 6.53. The lowest BCUT2D eigenvalue weighted by Crippen LogP contribution is -2.36. The standard InChI is InChI=1S/C19H22N4O3S.C4H7NO/c24-19(13-1-2-13)22-17-11-16(15-5-8-20-18(15)21-17)12-6-9-23(10-7-12)27(25,26)14-3-4-14;5-4(6)3-1-2-3/h5-6,8,11,13-14H,1-4,7,9-10H2,(H2,20,21,22,24);3H,1-2H2,(H2,5,6). The van der Waals surface area contributed by atoms with E-state index in [0.717, 1.165) is 60.7 Å². The highest BCUT2D eigenvalue weighted by Crippen LogP contribution is 2.36. The summed E-state index contributed by atoms with van der Waals surface area (Å²) in [6.45, 7) is 0.912. The Bertz CT molecular complexity index is 1220. The number of hydrogen-bond acceptors (Lipinski definition) is 5. The molecule has 1 aliphatic heterocycles. The lowest BCUT2D eigenvalue weighted by atomic mass is 9.98. The monoisotopic (exact) mass is 471 g/mol. The zero-order valence-electron chi connectivity index (χ0n) is 18.4. The number of aromatic nitrogens is 2. The Balaban J connectivity index is 0.000000332. The molecule has 0 spiro atoms. The van der Waals surface area contributed by atoms with Crippen LogP contribution in [0.1, 0.15) is 50.5 Å². The summed E-state index contributed by atoms with van der Waals surface area (Å²) in [5, 5.41) is 3.74. The maximum Gasteiger partial charge on any atom is 0.228 e. The van der Waals surface area contributed by atoms with Gasteiger partial charge in [-0.25, -0.2) is 13.4 Å². The SMILES string of the molecule is NC(=O)C1CC1.O=C(Nc1cc(C2=CCN(S(=O)(=O)C3CC3)CC2)c2cc[nH]c2n1)C1CC1. The first-order chi connectivity index (χ1) is 15.8. The van der Waals surface area contributed by atoms with Crippen LogP contribution in [0.4, 0.5) is 5.82 Å². The zero-order valence-corrected chi connectivity index (χ0v) is 19.2. The Kier molecular flexibility index (Phi) is 5.74. The van der Waals surface area contributed by atoms with Gasteiger partial charge in [-0.05, 0) is 68.2 Å². The first-order valence-electron chi connectivity index (χ1n) is 11.6. The molecule has 4 N–H and O–H groups in total. The smallest absolute Gasteiger partial charge is 0.228 e. The summed E-state index contributed by atoms with van der Waals surface area (Å²) in [5.74, 6) is 0.800. The van der Waals surface area contributed by atoms with Crippen LogP contribution in [0.2, 0.25) is 0 Å². The van der Waals surface area contributed by atoms with Crippen LogP contribution >= 0.6 is 0 Å². The molecule has 0 aromatic carbocycles. The highest BCUT2D eigenvalue weighted by molar-refractivity contribution is 7.90. The van der Waals surface area contributed by atoms with E-state index in [2.05, 4.69) is 15.3 Å². The highest BCUT2D eigenvalue weighted by Gasteiger charge is 2.40. The number of amides is 2. The van der Waals surface area contributed by atoms with Crippen LogP contribution in [-0.4, -0.2) is 52.8 Å². The number of nitrogens with two attached hydrogens (primary N) is 1. The molecule has 3 fully saturated rings. The van der Waals surface area contributed by atoms with Crippen LogP contribution in [0.15, 0.2) is 24.4 Å². The Morgan fingerprint density at radius 1 is 1.12 bits per heavy atom. The minimum absolute atomic E-state index is 0.0266. The average Bonchev–Trinajstić information content (AvgIpc) is 3.64. The Hall–Kier alpha value is -2.72. The number of rotatable bonds is 6. The molecule has 3 heterocycles. The molecule has 2 amide bonds. The number of aromatic amines is 1. The molecule has 6 rings (SSSR count). The van der Waals surface area contributed by atoms with Crippen molar-refractivity contribution in [2.45, 2.75) is 50.2 Å². The average molecular weight is 472 g/mol. The van der Waals surface area contributed by atoms with Crippen molar-refractivity contribution in [3.8, 4) is 0 Å². The molecule has 0 unspecified atom stereocenters. The number of sulfonamides is 1. The van der Waals surface area contributed by atoms with E-state index < -0.39 is 10.0 Å². The molecule has 3 aliphatic carbocycles. The van der Waals surface area contributed by atoms with Crippen LogP contribution in [-0.2, 0) is 19.6 Å². The predicted octanol–water partition coefficient (Wildman–Crippen LogP) is 2.37. The number of hydrogen-bond donors (Lipinski definition) is 3. The largest absolute Gasteiger partial charge is 0.369 e. The minimum atomic E-state index is -3.14. The van der Waals surface area contributed by atoms with Crippen molar-refractivity contribution in [2.75, 3.05) is 18.4 Å². The van der Waals surface area contributed by atoms with E-state index in [4.69, 9.17) is 5.73 Å². The van der Waals surface area contributed by atoms with Crippen molar-refractivity contribution < 1.29 is 18.0 Å². The van der Waals surface area contributed by atoms with Gasteiger partial charge < -0.3 is 16.0 Å². The van der Waals surface area contributed by atoms with Gasteiger partial charge in [-0.3, -0.25) is 9.59 Å². The third-order valence-corrected chi connectivity index (χ3v) is 8.90.